The van der Waals surface area contributed by atoms with Gasteiger partial charge in [-0.3, -0.25) is 9.59 Å². The van der Waals surface area contributed by atoms with Gasteiger partial charge in [0.1, 0.15) is 12.1 Å². The average Bonchev–Trinajstić information content (AvgIpc) is 2.88. The monoisotopic (exact) mass is 342 g/mol. The molecule has 0 spiro atoms. The van der Waals surface area contributed by atoms with Gasteiger partial charge in [0.2, 0.25) is 5.91 Å². The normalized spacial score (nSPS) is 23.3. The third-order valence-electron chi connectivity index (χ3n) is 3.14. The average molecular weight is 342 g/mol. The van der Waals surface area contributed by atoms with E-state index in [2.05, 4.69) is 0 Å². The van der Waals surface area contributed by atoms with Crippen LogP contribution in [0.4, 0.5) is 0 Å². The molecule has 1 amide bonds. The van der Waals surface area contributed by atoms with E-state index in [0.29, 0.717) is 5.75 Å². The summed E-state index contributed by atoms with van der Waals surface area (Å²) in [6.07, 6.45) is 0. The molecule has 1 aliphatic rings. The molecule has 1 aromatic rings. The predicted molar refractivity (Wildman–Crippen MR) is 89.9 cm³/mol. The molecule has 1 fully saturated rings. The number of hydrogen-bond acceptors (Lipinski definition) is 6. The zero-order valence-corrected chi connectivity index (χ0v) is 14.7. The van der Waals surface area contributed by atoms with Crippen LogP contribution in [0, 0.1) is 0 Å². The fraction of sp³-hybridized carbons (Fsp3) is 0.600. The molecule has 0 aliphatic carbocycles. The van der Waals surface area contributed by atoms with Crippen LogP contribution in [0.2, 0.25) is 0 Å². The molecule has 7 heteroatoms. The highest BCUT2D eigenvalue weighted by Gasteiger charge is 2.35. The van der Waals surface area contributed by atoms with Crippen LogP contribution in [-0.2, 0) is 14.3 Å². The Morgan fingerprint density at radius 2 is 2.18 bits per heavy atom. The van der Waals surface area contributed by atoms with Crippen molar-refractivity contribution in [3.63, 3.8) is 0 Å². The molecule has 22 heavy (non-hydrogen) atoms. The maximum Gasteiger partial charge on any atom is 0.326 e. The number of esters is 1. The lowest BCUT2D eigenvalue weighted by atomic mass is 10.2. The van der Waals surface area contributed by atoms with Crippen LogP contribution in [0.25, 0.3) is 0 Å². The van der Waals surface area contributed by atoms with Gasteiger partial charge in [0.25, 0.3) is 0 Å². The van der Waals surface area contributed by atoms with Gasteiger partial charge >= 0.3 is 5.97 Å². The standard InChI is InChI=1S/C15H22N2O3S2/c1-15(2,3)20-13(18)7-17-11(12-5-4-6-22-12)9-21-8-10(16)14(17)19/h4-6,10-11H,7-9,16H2,1-3H3/t10-,11-/m0/s1. The minimum absolute atomic E-state index is 0.0626. The summed E-state index contributed by atoms with van der Waals surface area (Å²) in [6, 6.07) is 3.24. The highest BCUT2D eigenvalue weighted by molar-refractivity contribution is 7.99. The number of carbonyl (C=O) groups excluding carboxylic acids is 2. The molecule has 2 atom stereocenters. The Morgan fingerprint density at radius 1 is 1.45 bits per heavy atom. The largest absolute Gasteiger partial charge is 0.459 e. The first-order valence-electron chi connectivity index (χ1n) is 7.17. The van der Waals surface area contributed by atoms with E-state index in [1.165, 1.54) is 0 Å². The third-order valence-corrected chi connectivity index (χ3v) is 5.26. The fourth-order valence-corrected chi connectivity index (χ4v) is 4.31. The molecule has 5 nitrogen and oxygen atoms in total. The van der Waals surface area contributed by atoms with Gasteiger partial charge in [-0.15, -0.1) is 11.3 Å². The molecule has 122 valence electrons. The van der Waals surface area contributed by atoms with Crippen molar-refractivity contribution in [2.75, 3.05) is 18.1 Å². The number of ether oxygens (including phenoxy) is 1. The van der Waals surface area contributed by atoms with E-state index in [1.54, 1.807) is 28.0 Å². The number of rotatable bonds is 3. The minimum Gasteiger partial charge on any atom is -0.459 e. The SMILES string of the molecule is CC(C)(C)OC(=O)CN1C(=O)[C@@H](N)CSC[C@H]1c1cccs1. The van der Waals surface area contributed by atoms with E-state index in [1.807, 2.05) is 38.3 Å². The number of nitrogens with zero attached hydrogens (tertiary/aromatic N) is 1. The van der Waals surface area contributed by atoms with E-state index in [-0.39, 0.29) is 18.5 Å². The summed E-state index contributed by atoms with van der Waals surface area (Å²) in [5.74, 6) is 0.727. The fourth-order valence-electron chi connectivity index (χ4n) is 2.25. The molecule has 2 rings (SSSR count). The maximum absolute atomic E-state index is 12.5. The number of carbonyl (C=O) groups is 2. The molecule has 0 unspecified atom stereocenters. The van der Waals surface area contributed by atoms with Crippen LogP contribution < -0.4 is 5.73 Å². The van der Waals surface area contributed by atoms with Crippen LogP contribution in [-0.4, -0.2) is 46.5 Å². The van der Waals surface area contributed by atoms with Crippen LogP contribution >= 0.6 is 23.1 Å². The van der Waals surface area contributed by atoms with E-state index in [4.69, 9.17) is 10.5 Å². The molecule has 2 heterocycles. The summed E-state index contributed by atoms with van der Waals surface area (Å²) in [5, 5.41) is 1.97. The lowest BCUT2D eigenvalue weighted by Gasteiger charge is -2.30. The Kier molecular flexibility index (Phi) is 5.52. The summed E-state index contributed by atoms with van der Waals surface area (Å²) < 4.78 is 5.35. The molecule has 0 aromatic carbocycles. The van der Waals surface area contributed by atoms with Gasteiger partial charge in [-0.25, -0.2) is 0 Å². The molecule has 2 N–H and O–H groups in total. The van der Waals surface area contributed by atoms with Crippen LogP contribution in [0.3, 0.4) is 0 Å². The molecule has 1 saturated heterocycles. The second-order valence-electron chi connectivity index (χ2n) is 6.23. The van der Waals surface area contributed by atoms with Gasteiger partial charge in [0, 0.05) is 16.4 Å². The molecule has 0 saturated carbocycles. The Morgan fingerprint density at radius 3 is 2.77 bits per heavy atom. The smallest absolute Gasteiger partial charge is 0.326 e. The Labute approximate surface area is 139 Å². The summed E-state index contributed by atoms with van der Waals surface area (Å²) in [4.78, 5) is 27.3. The summed E-state index contributed by atoms with van der Waals surface area (Å²) >= 11 is 3.23. The number of thiophene rings is 1. The highest BCUT2D eigenvalue weighted by Crippen LogP contribution is 2.31. The summed E-state index contributed by atoms with van der Waals surface area (Å²) in [6.45, 7) is 5.38. The van der Waals surface area contributed by atoms with Crippen LogP contribution in [0.1, 0.15) is 31.7 Å². The van der Waals surface area contributed by atoms with Gasteiger partial charge in [-0.05, 0) is 32.2 Å². The first kappa shape index (κ1) is 17.3. The van der Waals surface area contributed by atoms with Crippen molar-refractivity contribution in [2.24, 2.45) is 5.73 Å². The molecular weight excluding hydrogens is 320 g/mol. The maximum atomic E-state index is 12.5. The van der Waals surface area contributed by atoms with E-state index < -0.39 is 17.6 Å². The topological polar surface area (TPSA) is 72.6 Å². The van der Waals surface area contributed by atoms with Crippen molar-refractivity contribution in [2.45, 2.75) is 38.5 Å². The first-order valence-corrected chi connectivity index (χ1v) is 9.20. The van der Waals surface area contributed by atoms with Gasteiger partial charge in [-0.1, -0.05) is 6.07 Å². The number of thioether (sulfide) groups is 1. The van der Waals surface area contributed by atoms with E-state index >= 15 is 0 Å². The molecular formula is C15H22N2O3S2. The lowest BCUT2D eigenvalue weighted by molar-refractivity contribution is -0.160. The zero-order chi connectivity index (χ0) is 16.3. The third kappa shape index (κ3) is 4.47. The van der Waals surface area contributed by atoms with Crippen molar-refractivity contribution in [3.05, 3.63) is 22.4 Å². The lowest BCUT2D eigenvalue weighted by Crippen LogP contribution is -2.48. The van der Waals surface area contributed by atoms with Crippen LogP contribution in [0.5, 0.6) is 0 Å². The number of hydrogen-bond donors (Lipinski definition) is 1. The van der Waals surface area contributed by atoms with Crippen molar-refractivity contribution >= 4 is 35.0 Å². The molecule has 1 aliphatic heterocycles. The Hall–Kier alpha value is -1.05. The van der Waals surface area contributed by atoms with Crippen molar-refractivity contribution in [1.82, 2.24) is 4.90 Å². The number of amides is 1. The molecule has 0 radical (unpaired) electrons. The Balaban J connectivity index is 2.20. The van der Waals surface area contributed by atoms with Gasteiger partial charge in [0.15, 0.2) is 0 Å². The zero-order valence-electron chi connectivity index (χ0n) is 13.1. The van der Waals surface area contributed by atoms with E-state index in [9.17, 15) is 9.59 Å². The summed E-state index contributed by atoms with van der Waals surface area (Å²) in [5.41, 5.74) is 5.36. The quantitative estimate of drug-likeness (QED) is 0.851. The van der Waals surface area contributed by atoms with Gasteiger partial charge < -0.3 is 15.4 Å². The van der Waals surface area contributed by atoms with Crippen molar-refractivity contribution in [3.8, 4) is 0 Å². The second-order valence-corrected chi connectivity index (χ2v) is 8.28. The number of nitrogens with two attached hydrogens (primary N) is 1. The van der Waals surface area contributed by atoms with Crippen molar-refractivity contribution in [1.29, 1.82) is 0 Å². The van der Waals surface area contributed by atoms with Gasteiger partial charge in [-0.2, -0.15) is 11.8 Å². The molecule has 1 aromatic heterocycles. The predicted octanol–water partition coefficient (Wildman–Crippen LogP) is 2.03. The first-order chi connectivity index (χ1) is 10.3. The Bertz CT molecular complexity index is 525. The van der Waals surface area contributed by atoms with Crippen molar-refractivity contribution < 1.29 is 14.3 Å². The van der Waals surface area contributed by atoms with Crippen LogP contribution in [0.15, 0.2) is 17.5 Å². The van der Waals surface area contributed by atoms with Gasteiger partial charge in [0.05, 0.1) is 12.1 Å². The second kappa shape index (κ2) is 7.02. The van der Waals surface area contributed by atoms with E-state index in [0.717, 1.165) is 10.6 Å². The summed E-state index contributed by atoms with van der Waals surface area (Å²) in [7, 11) is 0. The molecule has 0 bridgehead atoms. The highest BCUT2D eigenvalue weighted by atomic mass is 32.2. The minimum atomic E-state index is -0.572.